The monoisotopic (exact) mass is 272 g/mol. The van der Waals surface area contributed by atoms with Crippen molar-refractivity contribution in [2.24, 2.45) is 0 Å². The van der Waals surface area contributed by atoms with Gasteiger partial charge < -0.3 is 10.3 Å². The molecule has 0 spiro atoms. The Morgan fingerprint density at radius 2 is 2.28 bits per heavy atom. The molecule has 2 rings (SSSR count). The van der Waals surface area contributed by atoms with E-state index in [2.05, 4.69) is 15.3 Å². The van der Waals surface area contributed by atoms with E-state index < -0.39 is 16.1 Å². The maximum absolute atomic E-state index is 12.4. The second-order valence-electron chi connectivity index (χ2n) is 4.16. The number of nitrogens with one attached hydrogen (secondary N) is 2. The molecule has 0 saturated carbocycles. The van der Waals surface area contributed by atoms with Gasteiger partial charge in [-0.15, -0.1) is 0 Å². The van der Waals surface area contributed by atoms with E-state index in [-0.39, 0.29) is 17.5 Å². The zero-order valence-corrected chi connectivity index (χ0v) is 11.1. The third kappa shape index (κ3) is 2.13. The highest BCUT2D eigenvalue weighted by atomic mass is 32.2. The number of piperazine rings is 1. The van der Waals surface area contributed by atoms with E-state index in [9.17, 15) is 13.2 Å². The lowest BCUT2D eigenvalue weighted by atomic mass is 10.2. The van der Waals surface area contributed by atoms with Crippen molar-refractivity contribution in [2.45, 2.75) is 31.3 Å². The minimum Gasteiger partial charge on any atom is -0.353 e. The van der Waals surface area contributed by atoms with Crippen molar-refractivity contribution in [1.82, 2.24) is 19.6 Å². The highest BCUT2D eigenvalue weighted by Crippen LogP contribution is 2.19. The SMILES string of the molecule is CCC1C(=O)NCCN1S(=O)(=O)c1cnc(C)[nH]1. The fraction of sp³-hybridized carbons (Fsp3) is 0.600. The molecule has 0 aliphatic carbocycles. The van der Waals surface area contributed by atoms with E-state index in [1.165, 1.54) is 10.5 Å². The summed E-state index contributed by atoms with van der Waals surface area (Å²) in [5.74, 6) is 0.284. The van der Waals surface area contributed by atoms with Gasteiger partial charge in [-0.25, -0.2) is 13.4 Å². The molecule has 1 unspecified atom stereocenters. The molecule has 1 saturated heterocycles. The fourth-order valence-corrected chi connectivity index (χ4v) is 3.65. The highest BCUT2D eigenvalue weighted by molar-refractivity contribution is 7.89. The van der Waals surface area contributed by atoms with Gasteiger partial charge in [-0.05, 0) is 13.3 Å². The van der Waals surface area contributed by atoms with Crippen molar-refractivity contribution in [3.05, 3.63) is 12.0 Å². The molecule has 1 aromatic heterocycles. The first-order chi connectivity index (χ1) is 8.46. The molecule has 1 fully saturated rings. The Morgan fingerprint density at radius 3 is 2.83 bits per heavy atom. The molecular weight excluding hydrogens is 256 g/mol. The molecule has 7 nitrogen and oxygen atoms in total. The Labute approximate surface area is 106 Å². The van der Waals surface area contributed by atoms with Crippen LogP contribution in [0.5, 0.6) is 0 Å². The van der Waals surface area contributed by atoms with Crippen molar-refractivity contribution in [3.63, 3.8) is 0 Å². The van der Waals surface area contributed by atoms with Crippen LogP contribution in [0.4, 0.5) is 0 Å². The van der Waals surface area contributed by atoms with Crippen molar-refractivity contribution in [2.75, 3.05) is 13.1 Å². The number of aromatic amines is 1. The Balaban J connectivity index is 2.37. The molecule has 2 N–H and O–H groups in total. The normalized spacial score (nSPS) is 21.9. The number of hydrogen-bond donors (Lipinski definition) is 2. The standard InChI is InChI=1S/C10H16N4O3S/c1-3-8-10(15)11-4-5-14(8)18(16,17)9-6-12-7(2)13-9/h6,8H,3-5H2,1-2H3,(H,11,15)(H,12,13). The van der Waals surface area contributed by atoms with Gasteiger partial charge in [-0.3, -0.25) is 4.79 Å². The molecule has 1 amide bonds. The van der Waals surface area contributed by atoms with Crippen molar-refractivity contribution < 1.29 is 13.2 Å². The molecule has 0 radical (unpaired) electrons. The average Bonchev–Trinajstić information content (AvgIpc) is 2.76. The third-order valence-corrected chi connectivity index (χ3v) is 4.75. The van der Waals surface area contributed by atoms with Crippen LogP contribution in [-0.4, -0.2) is 47.7 Å². The van der Waals surface area contributed by atoms with Crippen LogP contribution in [0.25, 0.3) is 0 Å². The summed E-state index contributed by atoms with van der Waals surface area (Å²) in [5, 5.41) is 2.71. The molecule has 8 heteroatoms. The lowest BCUT2D eigenvalue weighted by Crippen LogP contribution is -2.56. The van der Waals surface area contributed by atoms with Crippen LogP contribution < -0.4 is 5.32 Å². The van der Waals surface area contributed by atoms with Gasteiger partial charge in [0.05, 0.1) is 6.20 Å². The van der Waals surface area contributed by atoms with Gasteiger partial charge in [0.2, 0.25) is 5.91 Å². The molecule has 18 heavy (non-hydrogen) atoms. The number of carbonyl (C=O) groups is 1. The van der Waals surface area contributed by atoms with Gasteiger partial charge in [0.15, 0.2) is 5.03 Å². The number of hydrogen-bond acceptors (Lipinski definition) is 4. The van der Waals surface area contributed by atoms with E-state index >= 15 is 0 Å². The lowest BCUT2D eigenvalue weighted by Gasteiger charge is -2.32. The molecule has 1 aliphatic rings. The van der Waals surface area contributed by atoms with E-state index in [1.807, 2.05) is 0 Å². The molecular formula is C10H16N4O3S. The number of aryl methyl sites for hydroxylation is 1. The summed E-state index contributed by atoms with van der Waals surface area (Å²) in [6, 6.07) is -0.646. The Bertz CT molecular complexity index is 551. The van der Waals surface area contributed by atoms with Gasteiger partial charge in [-0.2, -0.15) is 4.31 Å². The molecule has 1 atom stereocenters. The van der Waals surface area contributed by atoms with Gasteiger partial charge in [0.1, 0.15) is 11.9 Å². The summed E-state index contributed by atoms with van der Waals surface area (Å²) in [6.45, 7) is 4.09. The first-order valence-electron chi connectivity index (χ1n) is 5.78. The van der Waals surface area contributed by atoms with Gasteiger partial charge in [-0.1, -0.05) is 6.92 Å². The number of rotatable bonds is 3. The number of H-pyrrole nitrogens is 1. The van der Waals surface area contributed by atoms with Crippen LogP contribution >= 0.6 is 0 Å². The van der Waals surface area contributed by atoms with Crippen molar-refractivity contribution >= 4 is 15.9 Å². The smallest absolute Gasteiger partial charge is 0.260 e. The zero-order chi connectivity index (χ0) is 13.3. The quantitative estimate of drug-likeness (QED) is 0.784. The molecule has 1 aromatic rings. The predicted molar refractivity (Wildman–Crippen MR) is 64.3 cm³/mol. The molecule has 0 aromatic carbocycles. The lowest BCUT2D eigenvalue weighted by molar-refractivity contribution is -0.126. The summed E-state index contributed by atoms with van der Waals surface area (Å²) >= 11 is 0. The topological polar surface area (TPSA) is 95.2 Å². The maximum atomic E-state index is 12.4. The fourth-order valence-electron chi connectivity index (χ4n) is 2.03. The minimum atomic E-state index is -3.68. The summed E-state index contributed by atoms with van der Waals surface area (Å²) in [5.41, 5.74) is 0. The van der Waals surface area contributed by atoms with Crippen LogP contribution in [-0.2, 0) is 14.8 Å². The van der Waals surface area contributed by atoms with Gasteiger partial charge in [0.25, 0.3) is 10.0 Å². The third-order valence-electron chi connectivity index (χ3n) is 2.93. The van der Waals surface area contributed by atoms with Crippen LogP contribution in [0.2, 0.25) is 0 Å². The largest absolute Gasteiger partial charge is 0.353 e. The first kappa shape index (κ1) is 13.0. The van der Waals surface area contributed by atoms with E-state index in [0.29, 0.717) is 18.8 Å². The van der Waals surface area contributed by atoms with Crippen LogP contribution in [0.1, 0.15) is 19.2 Å². The summed E-state index contributed by atoms with van der Waals surface area (Å²) in [6.07, 6.45) is 1.72. The number of aromatic nitrogens is 2. The zero-order valence-electron chi connectivity index (χ0n) is 10.3. The van der Waals surface area contributed by atoms with Gasteiger partial charge >= 0.3 is 0 Å². The van der Waals surface area contributed by atoms with E-state index in [1.54, 1.807) is 13.8 Å². The average molecular weight is 272 g/mol. The minimum absolute atomic E-state index is 0.0353. The Hall–Kier alpha value is -1.41. The number of amides is 1. The summed E-state index contributed by atoms with van der Waals surface area (Å²) in [7, 11) is -3.68. The molecule has 2 heterocycles. The van der Waals surface area contributed by atoms with Crippen LogP contribution in [0.3, 0.4) is 0 Å². The number of nitrogens with zero attached hydrogens (tertiary/aromatic N) is 2. The summed E-state index contributed by atoms with van der Waals surface area (Å²) < 4.78 is 26.0. The highest BCUT2D eigenvalue weighted by Gasteiger charge is 2.38. The molecule has 100 valence electrons. The predicted octanol–water partition coefficient (Wildman–Crippen LogP) is -0.383. The first-order valence-corrected chi connectivity index (χ1v) is 7.22. The van der Waals surface area contributed by atoms with Crippen molar-refractivity contribution in [1.29, 1.82) is 0 Å². The number of carbonyl (C=O) groups excluding carboxylic acids is 1. The second-order valence-corrected chi connectivity index (χ2v) is 6.02. The van der Waals surface area contributed by atoms with Crippen LogP contribution in [0.15, 0.2) is 11.2 Å². The Morgan fingerprint density at radius 1 is 1.56 bits per heavy atom. The Kier molecular flexibility index (Phi) is 3.40. The number of imidazole rings is 1. The van der Waals surface area contributed by atoms with Gasteiger partial charge in [0, 0.05) is 13.1 Å². The molecule has 0 bridgehead atoms. The number of sulfonamides is 1. The van der Waals surface area contributed by atoms with Crippen molar-refractivity contribution in [3.8, 4) is 0 Å². The van der Waals surface area contributed by atoms with E-state index in [4.69, 9.17) is 0 Å². The molecule has 1 aliphatic heterocycles. The maximum Gasteiger partial charge on any atom is 0.260 e. The van der Waals surface area contributed by atoms with E-state index in [0.717, 1.165) is 0 Å². The second kappa shape index (κ2) is 4.69. The van der Waals surface area contributed by atoms with Crippen LogP contribution in [0, 0.1) is 6.92 Å². The summed E-state index contributed by atoms with van der Waals surface area (Å²) in [4.78, 5) is 18.3.